The number of rotatable bonds is 3. The standard InChI is InChI=1S/C12H13Br/c1-3-10(4-2)9-11-5-7-12(13)8-6-11/h3,5-9H,1,4H2,2H3/b10-9-. The van der Waals surface area contributed by atoms with Crippen LogP contribution in [-0.4, -0.2) is 0 Å². The molecule has 0 atom stereocenters. The fourth-order valence-electron chi connectivity index (χ4n) is 1.08. The first-order valence-electron chi connectivity index (χ1n) is 4.35. The van der Waals surface area contributed by atoms with Gasteiger partial charge >= 0.3 is 0 Å². The molecule has 1 heteroatoms. The van der Waals surface area contributed by atoms with E-state index in [9.17, 15) is 0 Å². The van der Waals surface area contributed by atoms with Gasteiger partial charge in [-0.2, -0.15) is 0 Å². The van der Waals surface area contributed by atoms with Crippen molar-refractivity contribution < 1.29 is 0 Å². The largest absolute Gasteiger partial charge is 0.0988 e. The van der Waals surface area contributed by atoms with Gasteiger partial charge in [-0.15, -0.1) is 0 Å². The van der Waals surface area contributed by atoms with Gasteiger partial charge in [-0.25, -0.2) is 0 Å². The maximum Gasteiger partial charge on any atom is 0.0175 e. The molecule has 0 fully saturated rings. The van der Waals surface area contributed by atoms with Crippen molar-refractivity contribution in [1.29, 1.82) is 0 Å². The van der Waals surface area contributed by atoms with E-state index in [1.165, 1.54) is 11.1 Å². The summed E-state index contributed by atoms with van der Waals surface area (Å²) in [6.45, 7) is 5.90. The first kappa shape index (κ1) is 10.3. The summed E-state index contributed by atoms with van der Waals surface area (Å²) in [5.74, 6) is 0. The van der Waals surface area contributed by atoms with E-state index in [0.717, 1.165) is 10.9 Å². The average molecular weight is 237 g/mol. The van der Waals surface area contributed by atoms with Crippen LogP contribution in [0.25, 0.3) is 6.08 Å². The van der Waals surface area contributed by atoms with Crippen molar-refractivity contribution in [3.8, 4) is 0 Å². The van der Waals surface area contributed by atoms with Gasteiger partial charge in [0.2, 0.25) is 0 Å². The van der Waals surface area contributed by atoms with E-state index in [0.29, 0.717) is 0 Å². The van der Waals surface area contributed by atoms with Gasteiger partial charge in [-0.1, -0.05) is 53.7 Å². The molecular formula is C12H13Br. The van der Waals surface area contributed by atoms with Crippen LogP contribution in [0.1, 0.15) is 18.9 Å². The molecule has 1 aromatic carbocycles. The SMILES string of the molecule is C=C/C(=C/c1ccc(Br)cc1)CC. The van der Waals surface area contributed by atoms with E-state index >= 15 is 0 Å². The molecule has 0 nitrogen and oxygen atoms in total. The first-order chi connectivity index (χ1) is 6.26. The van der Waals surface area contributed by atoms with Gasteiger partial charge in [0.05, 0.1) is 0 Å². The summed E-state index contributed by atoms with van der Waals surface area (Å²) in [4.78, 5) is 0. The molecule has 0 aliphatic rings. The molecule has 0 N–H and O–H groups in total. The van der Waals surface area contributed by atoms with Crippen molar-refractivity contribution >= 4 is 22.0 Å². The van der Waals surface area contributed by atoms with Crippen LogP contribution in [0, 0.1) is 0 Å². The summed E-state index contributed by atoms with van der Waals surface area (Å²) in [6.07, 6.45) is 5.08. The Morgan fingerprint density at radius 2 is 2.00 bits per heavy atom. The third-order valence-electron chi connectivity index (χ3n) is 1.89. The van der Waals surface area contributed by atoms with Crippen LogP contribution >= 0.6 is 15.9 Å². The third-order valence-corrected chi connectivity index (χ3v) is 2.42. The van der Waals surface area contributed by atoms with Crippen LogP contribution in [0.5, 0.6) is 0 Å². The molecule has 0 amide bonds. The van der Waals surface area contributed by atoms with E-state index in [1.54, 1.807) is 0 Å². The van der Waals surface area contributed by atoms with Crippen molar-refractivity contribution in [2.45, 2.75) is 13.3 Å². The molecular weight excluding hydrogens is 224 g/mol. The van der Waals surface area contributed by atoms with Crippen LogP contribution in [0.2, 0.25) is 0 Å². The highest BCUT2D eigenvalue weighted by atomic mass is 79.9. The zero-order valence-electron chi connectivity index (χ0n) is 7.76. The molecule has 0 unspecified atom stereocenters. The molecule has 1 rings (SSSR count). The van der Waals surface area contributed by atoms with E-state index in [1.807, 2.05) is 18.2 Å². The van der Waals surface area contributed by atoms with Crippen LogP contribution < -0.4 is 0 Å². The highest BCUT2D eigenvalue weighted by Crippen LogP contribution is 2.14. The fraction of sp³-hybridized carbons (Fsp3) is 0.167. The van der Waals surface area contributed by atoms with Gasteiger partial charge in [0, 0.05) is 4.47 Å². The molecule has 0 saturated heterocycles. The van der Waals surface area contributed by atoms with E-state index < -0.39 is 0 Å². The minimum absolute atomic E-state index is 1.03. The van der Waals surface area contributed by atoms with Crippen LogP contribution in [0.3, 0.4) is 0 Å². The summed E-state index contributed by atoms with van der Waals surface area (Å²) in [5, 5.41) is 0. The second-order valence-corrected chi connectivity index (χ2v) is 3.74. The number of benzene rings is 1. The topological polar surface area (TPSA) is 0 Å². The zero-order valence-corrected chi connectivity index (χ0v) is 9.34. The summed E-state index contributed by atoms with van der Waals surface area (Å²) >= 11 is 3.40. The monoisotopic (exact) mass is 236 g/mol. The Bertz CT molecular complexity index is 306. The molecule has 0 aliphatic carbocycles. The molecule has 13 heavy (non-hydrogen) atoms. The fourth-order valence-corrected chi connectivity index (χ4v) is 1.34. The second-order valence-electron chi connectivity index (χ2n) is 2.83. The normalized spacial score (nSPS) is 11.4. The Morgan fingerprint density at radius 3 is 2.46 bits per heavy atom. The molecule has 0 heterocycles. The van der Waals surface area contributed by atoms with Gasteiger partial charge in [0.1, 0.15) is 0 Å². The van der Waals surface area contributed by atoms with Crippen LogP contribution in [0.15, 0.2) is 47.0 Å². The first-order valence-corrected chi connectivity index (χ1v) is 5.14. The summed E-state index contributed by atoms with van der Waals surface area (Å²) in [7, 11) is 0. The molecule has 1 aromatic rings. The molecule has 0 aliphatic heterocycles. The maximum absolute atomic E-state index is 3.77. The summed E-state index contributed by atoms with van der Waals surface area (Å²) < 4.78 is 1.11. The Kier molecular flexibility index (Phi) is 3.97. The number of hydrogen-bond donors (Lipinski definition) is 0. The lowest BCUT2D eigenvalue weighted by Crippen LogP contribution is -1.76. The smallest absolute Gasteiger partial charge is 0.0175 e. The number of allylic oxidation sites excluding steroid dienone is 2. The zero-order chi connectivity index (χ0) is 9.68. The average Bonchev–Trinajstić information content (AvgIpc) is 2.17. The lowest BCUT2D eigenvalue weighted by molar-refractivity contribution is 1.16. The van der Waals surface area contributed by atoms with Gasteiger partial charge in [0.25, 0.3) is 0 Å². The van der Waals surface area contributed by atoms with Crippen molar-refractivity contribution in [3.63, 3.8) is 0 Å². The predicted molar refractivity (Wildman–Crippen MR) is 62.6 cm³/mol. The quantitative estimate of drug-likeness (QED) is 0.682. The van der Waals surface area contributed by atoms with Crippen molar-refractivity contribution in [1.82, 2.24) is 0 Å². The Labute approximate surface area is 88.1 Å². The van der Waals surface area contributed by atoms with Gasteiger partial charge in [0.15, 0.2) is 0 Å². The lowest BCUT2D eigenvalue weighted by atomic mass is 10.1. The minimum atomic E-state index is 1.03. The molecule has 0 saturated carbocycles. The molecule has 0 bridgehead atoms. The van der Waals surface area contributed by atoms with Gasteiger partial charge in [-0.3, -0.25) is 0 Å². The lowest BCUT2D eigenvalue weighted by Gasteiger charge is -1.97. The van der Waals surface area contributed by atoms with Crippen molar-refractivity contribution in [2.75, 3.05) is 0 Å². The van der Waals surface area contributed by atoms with Crippen LogP contribution in [-0.2, 0) is 0 Å². The van der Waals surface area contributed by atoms with Gasteiger partial charge < -0.3 is 0 Å². The van der Waals surface area contributed by atoms with E-state index in [4.69, 9.17) is 0 Å². The number of hydrogen-bond acceptors (Lipinski definition) is 0. The van der Waals surface area contributed by atoms with Crippen molar-refractivity contribution in [3.05, 3.63) is 52.5 Å². The molecule has 68 valence electrons. The Balaban J connectivity index is 2.90. The highest BCUT2D eigenvalue weighted by Gasteiger charge is 1.90. The summed E-state index contributed by atoms with van der Waals surface area (Å²) in [6, 6.07) is 8.26. The molecule has 0 radical (unpaired) electrons. The molecule has 0 spiro atoms. The van der Waals surface area contributed by atoms with Crippen LogP contribution in [0.4, 0.5) is 0 Å². The molecule has 0 aromatic heterocycles. The predicted octanol–water partition coefficient (Wildman–Crippen LogP) is 4.43. The van der Waals surface area contributed by atoms with E-state index in [2.05, 4.69) is 47.6 Å². The minimum Gasteiger partial charge on any atom is -0.0988 e. The summed E-state index contributed by atoms with van der Waals surface area (Å²) in [5.41, 5.74) is 2.49. The van der Waals surface area contributed by atoms with E-state index in [-0.39, 0.29) is 0 Å². The Morgan fingerprint density at radius 1 is 1.38 bits per heavy atom. The Hall–Kier alpha value is -0.820. The third kappa shape index (κ3) is 3.19. The number of halogens is 1. The van der Waals surface area contributed by atoms with Crippen molar-refractivity contribution in [2.24, 2.45) is 0 Å². The maximum atomic E-state index is 3.77. The van der Waals surface area contributed by atoms with Gasteiger partial charge in [-0.05, 0) is 29.7 Å². The second kappa shape index (κ2) is 5.03. The highest BCUT2D eigenvalue weighted by molar-refractivity contribution is 9.10.